The number of aliphatic hydroxyl groups is 1. The predicted octanol–water partition coefficient (Wildman–Crippen LogP) is 0.649. The van der Waals surface area contributed by atoms with E-state index in [1.165, 1.54) is 0 Å². The van der Waals surface area contributed by atoms with E-state index in [1.807, 2.05) is 6.08 Å². The highest BCUT2D eigenvalue weighted by Crippen LogP contribution is 2.38. The fourth-order valence-electron chi connectivity index (χ4n) is 2.39. The number of nitrogen functional groups attached to an aromatic ring is 1. The predicted molar refractivity (Wildman–Crippen MR) is 72.9 cm³/mol. The summed E-state index contributed by atoms with van der Waals surface area (Å²) in [6.07, 6.45) is 6.70. The first-order valence-corrected chi connectivity index (χ1v) is 5.96. The number of anilines is 1. The van der Waals surface area contributed by atoms with E-state index in [2.05, 4.69) is 9.97 Å². The fraction of sp³-hybridized carbons (Fsp3) is 0.143. The first kappa shape index (κ1) is 11.8. The van der Waals surface area contributed by atoms with Crippen LogP contribution in [0.25, 0.3) is 6.08 Å². The Morgan fingerprint density at radius 1 is 1.16 bits per heavy atom. The lowest BCUT2D eigenvalue weighted by Gasteiger charge is -2.35. The van der Waals surface area contributed by atoms with Gasteiger partial charge >= 0.3 is 0 Å². The van der Waals surface area contributed by atoms with Crippen molar-refractivity contribution in [3.8, 4) is 0 Å². The van der Waals surface area contributed by atoms with Gasteiger partial charge in [-0.25, -0.2) is 9.97 Å². The molecule has 5 heteroatoms. The number of hydrogen-bond acceptors (Lipinski definition) is 5. The molecule has 0 radical (unpaired) electrons. The monoisotopic (exact) mass is 254 g/mol. The summed E-state index contributed by atoms with van der Waals surface area (Å²) < 4.78 is 0. The van der Waals surface area contributed by atoms with Gasteiger partial charge in [0, 0.05) is 29.2 Å². The molecule has 0 amide bonds. The van der Waals surface area contributed by atoms with Gasteiger partial charge in [-0.1, -0.05) is 24.3 Å². The number of benzene rings is 1. The fourth-order valence-corrected chi connectivity index (χ4v) is 2.39. The molecule has 5 nitrogen and oxygen atoms in total. The Kier molecular flexibility index (Phi) is 2.58. The molecule has 2 aromatic rings. The van der Waals surface area contributed by atoms with E-state index >= 15 is 0 Å². The van der Waals surface area contributed by atoms with E-state index in [0.717, 1.165) is 5.56 Å². The first-order valence-electron chi connectivity index (χ1n) is 5.96. The second kappa shape index (κ2) is 4.15. The van der Waals surface area contributed by atoms with Crippen LogP contribution in [0.1, 0.15) is 17.0 Å². The van der Waals surface area contributed by atoms with Crippen LogP contribution in [0, 0.1) is 0 Å². The molecule has 96 valence electrons. The molecular formula is C14H14N4O. The third kappa shape index (κ3) is 1.63. The second-order valence-electron chi connectivity index (χ2n) is 4.53. The Bertz CT molecular complexity index is 641. The summed E-state index contributed by atoms with van der Waals surface area (Å²) in [6, 6.07) is 6.44. The smallest absolute Gasteiger partial charge is 0.168 e. The number of hydrogen-bond donors (Lipinski definition) is 3. The summed E-state index contributed by atoms with van der Waals surface area (Å²) in [7, 11) is 0. The molecule has 1 aliphatic carbocycles. The van der Waals surface area contributed by atoms with Gasteiger partial charge in [-0.15, -0.1) is 0 Å². The van der Waals surface area contributed by atoms with Crippen molar-refractivity contribution in [2.24, 2.45) is 5.73 Å². The lowest BCUT2D eigenvalue weighted by Crippen LogP contribution is -2.48. The summed E-state index contributed by atoms with van der Waals surface area (Å²) in [5, 5.41) is 11.0. The van der Waals surface area contributed by atoms with Crippen LogP contribution in [0.15, 0.2) is 42.7 Å². The minimum absolute atomic E-state index is 0.277. The molecule has 2 unspecified atom stereocenters. The van der Waals surface area contributed by atoms with Gasteiger partial charge in [0.25, 0.3) is 0 Å². The summed E-state index contributed by atoms with van der Waals surface area (Å²) in [5.74, 6) is 0.277. The topological polar surface area (TPSA) is 98.0 Å². The molecule has 5 N–H and O–H groups in total. The molecule has 2 atom stereocenters. The first-order chi connectivity index (χ1) is 9.14. The van der Waals surface area contributed by atoms with Crippen molar-refractivity contribution in [3.63, 3.8) is 0 Å². The number of aromatic nitrogens is 2. The Hall–Kier alpha value is -2.24. The standard InChI is InChI=1S/C14H14N4O/c15-11-4-1-3-10-9(11)5-6-12(16)14(10,19)13-17-7-2-8-18-13/h1-8,12,19H,15-16H2. The summed E-state index contributed by atoms with van der Waals surface area (Å²) in [4.78, 5) is 8.27. The van der Waals surface area contributed by atoms with Crippen LogP contribution in [-0.2, 0) is 5.60 Å². The third-order valence-corrected chi connectivity index (χ3v) is 3.41. The van der Waals surface area contributed by atoms with Gasteiger partial charge in [-0.05, 0) is 12.1 Å². The molecule has 0 aliphatic heterocycles. The maximum absolute atomic E-state index is 11.0. The lowest BCUT2D eigenvalue weighted by molar-refractivity contribution is 0.0563. The van der Waals surface area contributed by atoms with Gasteiger partial charge in [0.15, 0.2) is 11.4 Å². The Morgan fingerprint density at radius 3 is 2.63 bits per heavy atom. The Labute approximate surface area is 110 Å². The molecule has 0 saturated carbocycles. The molecule has 1 aromatic heterocycles. The van der Waals surface area contributed by atoms with Crippen LogP contribution in [0.3, 0.4) is 0 Å². The van der Waals surface area contributed by atoms with E-state index in [9.17, 15) is 5.11 Å². The zero-order valence-electron chi connectivity index (χ0n) is 10.2. The lowest BCUT2D eigenvalue weighted by atomic mass is 9.78. The SMILES string of the molecule is Nc1cccc2c1C=CC(N)C2(O)c1ncccn1. The second-order valence-corrected chi connectivity index (χ2v) is 4.53. The molecule has 0 bridgehead atoms. The minimum Gasteiger partial charge on any atom is -0.398 e. The molecule has 1 aliphatic rings. The van der Waals surface area contributed by atoms with Gasteiger partial charge in [0.2, 0.25) is 0 Å². The largest absolute Gasteiger partial charge is 0.398 e. The summed E-state index contributed by atoms with van der Waals surface area (Å²) >= 11 is 0. The number of fused-ring (bicyclic) bond motifs is 1. The van der Waals surface area contributed by atoms with Gasteiger partial charge < -0.3 is 16.6 Å². The van der Waals surface area contributed by atoms with Crippen LogP contribution >= 0.6 is 0 Å². The Morgan fingerprint density at radius 2 is 1.89 bits per heavy atom. The Balaban J connectivity index is 2.27. The van der Waals surface area contributed by atoms with Gasteiger partial charge in [0.1, 0.15) is 0 Å². The molecular weight excluding hydrogens is 240 g/mol. The van der Waals surface area contributed by atoms with E-state index in [0.29, 0.717) is 11.3 Å². The number of rotatable bonds is 1. The van der Waals surface area contributed by atoms with Crippen molar-refractivity contribution < 1.29 is 5.11 Å². The summed E-state index contributed by atoms with van der Waals surface area (Å²) in [6.45, 7) is 0. The van der Waals surface area contributed by atoms with Gasteiger partial charge in [-0.2, -0.15) is 0 Å². The van der Waals surface area contributed by atoms with Crippen molar-refractivity contribution in [1.82, 2.24) is 9.97 Å². The number of nitrogens with two attached hydrogens (primary N) is 2. The van der Waals surface area contributed by atoms with Crippen molar-refractivity contribution in [3.05, 3.63) is 59.7 Å². The van der Waals surface area contributed by atoms with Gasteiger partial charge in [-0.3, -0.25) is 0 Å². The molecule has 1 aromatic carbocycles. The summed E-state index contributed by atoms with van der Waals surface area (Å²) in [5.41, 5.74) is 12.5. The molecule has 1 heterocycles. The van der Waals surface area contributed by atoms with Gasteiger partial charge in [0.05, 0.1) is 6.04 Å². The van der Waals surface area contributed by atoms with E-state index in [-0.39, 0.29) is 5.82 Å². The highest BCUT2D eigenvalue weighted by atomic mass is 16.3. The highest BCUT2D eigenvalue weighted by Gasteiger charge is 2.43. The maximum atomic E-state index is 11.0. The maximum Gasteiger partial charge on any atom is 0.168 e. The van der Waals surface area contributed by atoms with Crippen LogP contribution in [-0.4, -0.2) is 21.1 Å². The van der Waals surface area contributed by atoms with E-state index < -0.39 is 11.6 Å². The van der Waals surface area contributed by atoms with Crippen LogP contribution in [0.5, 0.6) is 0 Å². The molecule has 0 spiro atoms. The van der Waals surface area contributed by atoms with Crippen LogP contribution in [0.4, 0.5) is 5.69 Å². The molecule has 3 rings (SSSR count). The van der Waals surface area contributed by atoms with Crippen LogP contribution < -0.4 is 11.5 Å². The minimum atomic E-state index is -1.46. The van der Waals surface area contributed by atoms with Crippen molar-refractivity contribution in [2.45, 2.75) is 11.6 Å². The van der Waals surface area contributed by atoms with E-state index in [4.69, 9.17) is 11.5 Å². The molecule has 0 saturated heterocycles. The van der Waals surface area contributed by atoms with Crippen molar-refractivity contribution in [2.75, 3.05) is 5.73 Å². The molecule has 19 heavy (non-hydrogen) atoms. The zero-order valence-corrected chi connectivity index (χ0v) is 10.2. The average molecular weight is 254 g/mol. The zero-order chi connectivity index (χ0) is 13.5. The molecule has 0 fully saturated rings. The van der Waals surface area contributed by atoms with Crippen molar-refractivity contribution in [1.29, 1.82) is 0 Å². The van der Waals surface area contributed by atoms with E-state index in [1.54, 1.807) is 42.7 Å². The quantitative estimate of drug-likeness (QED) is 0.649. The van der Waals surface area contributed by atoms with Crippen LogP contribution in [0.2, 0.25) is 0 Å². The third-order valence-electron chi connectivity index (χ3n) is 3.41. The average Bonchev–Trinajstić information content (AvgIpc) is 2.44. The highest BCUT2D eigenvalue weighted by molar-refractivity contribution is 5.72. The normalized spacial score (nSPS) is 25.1. The number of nitrogens with zero attached hydrogens (tertiary/aromatic N) is 2. The van der Waals surface area contributed by atoms with Crippen molar-refractivity contribution >= 4 is 11.8 Å².